The van der Waals surface area contributed by atoms with Crippen LogP contribution in [0.5, 0.6) is 0 Å². The highest BCUT2D eigenvalue weighted by Gasteiger charge is 2.55. The van der Waals surface area contributed by atoms with Crippen molar-refractivity contribution in [3.63, 3.8) is 0 Å². The average molecular weight is 287 g/mol. The van der Waals surface area contributed by atoms with Gasteiger partial charge < -0.3 is 10.2 Å². The second-order valence-corrected chi connectivity index (χ2v) is 6.51. The van der Waals surface area contributed by atoms with E-state index in [1.165, 1.54) is 0 Å². The van der Waals surface area contributed by atoms with Crippen LogP contribution in [-0.4, -0.2) is 32.8 Å². The third kappa shape index (κ3) is 2.20. The maximum atomic E-state index is 13.0. The number of hydrogen-bond acceptors (Lipinski definition) is 3. The predicted octanol–water partition coefficient (Wildman–Crippen LogP) is 1.63. The zero-order valence-electron chi connectivity index (χ0n) is 12.6. The highest BCUT2D eigenvalue weighted by molar-refractivity contribution is 6.02. The van der Waals surface area contributed by atoms with Crippen molar-refractivity contribution in [2.45, 2.75) is 57.2 Å². The Hall–Kier alpha value is -1.91. The fourth-order valence-electron chi connectivity index (χ4n) is 3.30. The molecule has 1 aromatic rings. The maximum absolute atomic E-state index is 13.0. The van der Waals surface area contributed by atoms with Gasteiger partial charge in [0.25, 0.3) is 0 Å². The van der Waals surface area contributed by atoms with Gasteiger partial charge in [0.05, 0.1) is 12.2 Å². The van der Waals surface area contributed by atoms with Gasteiger partial charge in [0.15, 0.2) is 0 Å². The molecule has 21 heavy (non-hydrogen) atoms. The molecule has 0 unspecified atom stereocenters. The molecular formula is C16H21N3O2. The van der Waals surface area contributed by atoms with Crippen molar-refractivity contribution in [3.05, 3.63) is 30.1 Å². The molecule has 2 aliphatic rings. The molecule has 1 N–H and O–H groups in total. The van der Waals surface area contributed by atoms with Crippen molar-refractivity contribution in [2.24, 2.45) is 0 Å². The second-order valence-electron chi connectivity index (χ2n) is 6.51. The number of carbonyl (C=O) groups excluding carboxylic acids is 2. The van der Waals surface area contributed by atoms with Crippen LogP contribution in [0.25, 0.3) is 0 Å². The fourth-order valence-corrected chi connectivity index (χ4v) is 3.30. The Morgan fingerprint density at radius 1 is 1.24 bits per heavy atom. The van der Waals surface area contributed by atoms with Crippen LogP contribution in [-0.2, 0) is 16.1 Å². The Morgan fingerprint density at radius 2 is 1.95 bits per heavy atom. The van der Waals surface area contributed by atoms with Crippen molar-refractivity contribution in [1.82, 2.24) is 15.2 Å². The number of hydrogen-bond donors (Lipinski definition) is 1. The fraction of sp³-hybridized carbons (Fsp3) is 0.562. The first-order valence-electron chi connectivity index (χ1n) is 7.50. The first-order valence-corrected chi connectivity index (χ1v) is 7.50. The number of aromatic nitrogens is 1. The van der Waals surface area contributed by atoms with Gasteiger partial charge in [0.2, 0.25) is 11.8 Å². The van der Waals surface area contributed by atoms with E-state index in [2.05, 4.69) is 10.3 Å². The summed E-state index contributed by atoms with van der Waals surface area (Å²) in [6, 6.07) is 5.63. The number of nitrogens with one attached hydrogen (secondary N) is 1. The lowest BCUT2D eigenvalue weighted by atomic mass is 9.86. The second kappa shape index (κ2) is 4.83. The molecule has 1 aliphatic heterocycles. The van der Waals surface area contributed by atoms with Crippen molar-refractivity contribution < 1.29 is 9.59 Å². The summed E-state index contributed by atoms with van der Waals surface area (Å²) in [6.07, 6.45) is 5.18. The number of rotatable bonds is 2. The molecular weight excluding hydrogens is 266 g/mol. The summed E-state index contributed by atoms with van der Waals surface area (Å²) in [5.74, 6) is -0.0322. The quantitative estimate of drug-likeness (QED) is 0.899. The van der Waals surface area contributed by atoms with Gasteiger partial charge in [-0.15, -0.1) is 0 Å². The van der Waals surface area contributed by atoms with Crippen LogP contribution < -0.4 is 5.32 Å². The van der Waals surface area contributed by atoms with Gasteiger partial charge >= 0.3 is 0 Å². The van der Waals surface area contributed by atoms with Crippen LogP contribution in [0.15, 0.2) is 24.4 Å². The monoisotopic (exact) mass is 287 g/mol. The minimum absolute atomic E-state index is 0.0373. The summed E-state index contributed by atoms with van der Waals surface area (Å²) in [4.78, 5) is 31.5. The van der Waals surface area contributed by atoms with Crippen LogP contribution in [0.2, 0.25) is 0 Å². The van der Waals surface area contributed by atoms with E-state index in [-0.39, 0.29) is 11.8 Å². The molecule has 1 saturated heterocycles. The van der Waals surface area contributed by atoms with Crippen LogP contribution in [0.1, 0.15) is 45.2 Å². The van der Waals surface area contributed by atoms with E-state index in [1.54, 1.807) is 24.9 Å². The maximum Gasteiger partial charge on any atom is 0.249 e. The largest absolute Gasteiger partial charge is 0.340 e. The number of pyridine rings is 1. The molecule has 0 radical (unpaired) electrons. The number of nitrogens with zero attached hydrogens (tertiary/aromatic N) is 2. The van der Waals surface area contributed by atoms with E-state index in [1.807, 2.05) is 18.2 Å². The number of piperazine rings is 1. The summed E-state index contributed by atoms with van der Waals surface area (Å²) < 4.78 is 0. The molecule has 112 valence electrons. The lowest BCUT2D eigenvalue weighted by molar-refractivity contribution is -0.161. The third-order valence-corrected chi connectivity index (χ3v) is 4.74. The zero-order chi connectivity index (χ0) is 15.1. The van der Waals surface area contributed by atoms with Gasteiger partial charge in [-0.25, -0.2) is 0 Å². The topological polar surface area (TPSA) is 62.3 Å². The van der Waals surface area contributed by atoms with Gasteiger partial charge in [0, 0.05) is 6.20 Å². The van der Waals surface area contributed by atoms with Gasteiger partial charge in [-0.05, 0) is 38.8 Å². The first kappa shape index (κ1) is 14.0. The first-order chi connectivity index (χ1) is 9.96. The summed E-state index contributed by atoms with van der Waals surface area (Å²) >= 11 is 0. The minimum atomic E-state index is -0.845. The Bertz CT molecular complexity index is 562. The molecule has 2 heterocycles. The molecule has 5 nitrogen and oxygen atoms in total. The molecule has 2 amide bonds. The minimum Gasteiger partial charge on any atom is -0.340 e. The van der Waals surface area contributed by atoms with Crippen LogP contribution >= 0.6 is 0 Å². The highest BCUT2D eigenvalue weighted by atomic mass is 16.2. The lowest BCUT2D eigenvalue weighted by Gasteiger charge is -2.48. The number of carbonyl (C=O) groups is 2. The number of amides is 2. The van der Waals surface area contributed by atoms with Gasteiger partial charge in [0.1, 0.15) is 11.1 Å². The summed E-state index contributed by atoms with van der Waals surface area (Å²) in [7, 11) is 0. The Morgan fingerprint density at radius 3 is 2.57 bits per heavy atom. The van der Waals surface area contributed by atoms with E-state index in [4.69, 9.17) is 0 Å². The van der Waals surface area contributed by atoms with E-state index < -0.39 is 11.1 Å². The molecule has 0 bridgehead atoms. The lowest BCUT2D eigenvalue weighted by Crippen LogP contribution is -2.73. The zero-order valence-corrected chi connectivity index (χ0v) is 12.6. The van der Waals surface area contributed by atoms with E-state index in [9.17, 15) is 9.59 Å². The summed E-state index contributed by atoms with van der Waals surface area (Å²) in [6.45, 7) is 3.97. The van der Waals surface area contributed by atoms with Gasteiger partial charge in [-0.1, -0.05) is 18.9 Å². The summed E-state index contributed by atoms with van der Waals surface area (Å²) in [5, 5.41) is 3.00. The SMILES string of the molecule is CC1(C)C(=O)NC2(CCCC2)C(=O)N1Cc1ccccn1. The van der Waals surface area contributed by atoms with Gasteiger partial charge in [-0.3, -0.25) is 14.6 Å². The van der Waals surface area contributed by atoms with Crippen LogP contribution in [0, 0.1) is 0 Å². The third-order valence-electron chi connectivity index (χ3n) is 4.74. The Labute approximate surface area is 124 Å². The Kier molecular flexibility index (Phi) is 3.23. The van der Waals surface area contributed by atoms with E-state index in [0.29, 0.717) is 6.54 Å². The molecule has 1 aromatic heterocycles. The van der Waals surface area contributed by atoms with Gasteiger partial charge in [-0.2, -0.15) is 0 Å². The summed E-state index contributed by atoms with van der Waals surface area (Å²) in [5.41, 5.74) is -0.717. The van der Waals surface area contributed by atoms with Crippen LogP contribution in [0.4, 0.5) is 0 Å². The molecule has 1 spiro atoms. The molecule has 3 rings (SSSR count). The normalized spacial score (nSPS) is 23.4. The average Bonchev–Trinajstić information content (AvgIpc) is 2.93. The van der Waals surface area contributed by atoms with E-state index >= 15 is 0 Å². The highest BCUT2D eigenvalue weighted by Crippen LogP contribution is 2.37. The molecule has 1 saturated carbocycles. The molecule has 2 fully saturated rings. The van der Waals surface area contributed by atoms with Crippen molar-refractivity contribution >= 4 is 11.8 Å². The molecule has 0 atom stereocenters. The molecule has 5 heteroatoms. The van der Waals surface area contributed by atoms with E-state index in [0.717, 1.165) is 31.4 Å². The standard InChI is InChI=1S/C16H21N3O2/c1-15(2)13(20)18-16(8-4-5-9-16)14(21)19(15)11-12-7-3-6-10-17-12/h3,6-7,10H,4-5,8-9,11H2,1-2H3,(H,18,20). The molecule has 0 aromatic carbocycles. The predicted molar refractivity (Wildman–Crippen MR) is 78.2 cm³/mol. The Balaban J connectivity index is 1.94. The van der Waals surface area contributed by atoms with Crippen LogP contribution in [0.3, 0.4) is 0 Å². The van der Waals surface area contributed by atoms with Crippen molar-refractivity contribution in [2.75, 3.05) is 0 Å². The molecule has 1 aliphatic carbocycles. The smallest absolute Gasteiger partial charge is 0.249 e. The van der Waals surface area contributed by atoms with Crippen molar-refractivity contribution in [1.29, 1.82) is 0 Å². The van der Waals surface area contributed by atoms with Crippen molar-refractivity contribution in [3.8, 4) is 0 Å².